The average molecular weight is 433 g/mol. The molecule has 0 aliphatic carbocycles. The van der Waals surface area contributed by atoms with E-state index in [4.69, 9.17) is 4.74 Å². The maximum atomic E-state index is 12.4. The van der Waals surface area contributed by atoms with E-state index in [1.165, 1.54) is 11.3 Å². The Bertz CT molecular complexity index is 736. The zero-order valence-electron chi connectivity index (χ0n) is 12.7. The number of rotatable bonds is 4. The van der Waals surface area contributed by atoms with Crippen LogP contribution in [0.3, 0.4) is 0 Å². The summed E-state index contributed by atoms with van der Waals surface area (Å²) in [4.78, 5) is 25.4. The number of thiophene rings is 1. The molecule has 2 rings (SSSR count). The SMILES string of the molecule is CCOC(=O)c1c(NC(=O)c2nn(C)cc2I)sc(C)c1C. The Balaban J connectivity index is 2.33. The number of nitrogens with zero attached hydrogens (tertiary/aromatic N) is 2. The highest BCUT2D eigenvalue weighted by Gasteiger charge is 2.23. The van der Waals surface area contributed by atoms with E-state index in [1.807, 2.05) is 13.8 Å². The third-order valence-electron chi connectivity index (χ3n) is 3.09. The van der Waals surface area contributed by atoms with Gasteiger partial charge in [0.1, 0.15) is 5.00 Å². The van der Waals surface area contributed by atoms with E-state index in [2.05, 4.69) is 33.0 Å². The van der Waals surface area contributed by atoms with Gasteiger partial charge in [-0.3, -0.25) is 9.48 Å². The molecular formula is C14H16IN3O3S. The molecule has 118 valence electrons. The van der Waals surface area contributed by atoms with Gasteiger partial charge >= 0.3 is 5.97 Å². The van der Waals surface area contributed by atoms with Crippen LogP contribution in [-0.4, -0.2) is 28.3 Å². The van der Waals surface area contributed by atoms with Crippen molar-refractivity contribution < 1.29 is 14.3 Å². The van der Waals surface area contributed by atoms with Gasteiger partial charge in [0, 0.05) is 18.1 Å². The van der Waals surface area contributed by atoms with Crippen LogP contribution < -0.4 is 5.32 Å². The molecule has 0 aliphatic heterocycles. The zero-order valence-corrected chi connectivity index (χ0v) is 15.7. The number of anilines is 1. The second-order valence-electron chi connectivity index (χ2n) is 4.66. The highest BCUT2D eigenvalue weighted by Crippen LogP contribution is 2.33. The van der Waals surface area contributed by atoms with Crippen LogP contribution in [0.1, 0.15) is 38.2 Å². The van der Waals surface area contributed by atoms with Crippen molar-refractivity contribution >= 4 is 50.8 Å². The largest absolute Gasteiger partial charge is 0.462 e. The molecule has 22 heavy (non-hydrogen) atoms. The number of carbonyl (C=O) groups excluding carboxylic acids is 2. The first-order valence-electron chi connectivity index (χ1n) is 6.62. The van der Waals surface area contributed by atoms with Crippen LogP contribution >= 0.6 is 33.9 Å². The Morgan fingerprint density at radius 1 is 1.45 bits per heavy atom. The summed E-state index contributed by atoms with van der Waals surface area (Å²) in [5.41, 5.74) is 1.58. The van der Waals surface area contributed by atoms with E-state index in [0.29, 0.717) is 22.9 Å². The normalized spacial score (nSPS) is 10.6. The molecule has 0 bridgehead atoms. The molecule has 0 spiro atoms. The Kier molecular flexibility index (Phi) is 5.22. The van der Waals surface area contributed by atoms with E-state index in [-0.39, 0.29) is 5.91 Å². The van der Waals surface area contributed by atoms with Crippen molar-refractivity contribution in [3.05, 3.63) is 31.5 Å². The van der Waals surface area contributed by atoms with Crippen LogP contribution in [0.4, 0.5) is 5.00 Å². The molecule has 0 aliphatic rings. The van der Waals surface area contributed by atoms with Crippen LogP contribution in [-0.2, 0) is 11.8 Å². The molecule has 1 N–H and O–H groups in total. The first-order chi connectivity index (χ1) is 10.3. The molecule has 6 nitrogen and oxygen atoms in total. The molecule has 8 heteroatoms. The summed E-state index contributed by atoms with van der Waals surface area (Å²) < 4.78 is 7.40. The second-order valence-corrected chi connectivity index (χ2v) is 7.05. The minimum atomic E-state index is -0.421. The predicted molar refractivity (Wildman–Crippen MR) is 93.6 cm³/mol. The maximum absolute atomic E-state index is 12.4. The van der Waals surface area contributed by atoms with Gasteiger partial charge in [-0.25, -0.2) is 4.79 Å². The van der Waals surface area contributed by atoms with Crippen molar-refractivity contribution in [2.45, 2.75) is 20.8 Å². The number of hydrogen-bond donors (Lipinski definition) is 1. The minimum absolute atomic E-state index is 0.290. The molecule has 0 aromatic carbocycles. The van der Waals surface area contributed by atoms with Gasteiger partial charge in [-0.1, -0.05) is 0 Å². The monoisotopic (exact) mass is 433 g/mol. The smallest absolute Gasteiger partial charge is 0.341 e. The fourth-order valence-corrected chi connectivity index (χ4v) is 3.74. The topological polar surface area (TPSA) is 73.2 Å². The maximum Gasteiger partial charge on any atom is 0.341 e. The molecule has 2 aromatic rings. The number of hydrogen-bond acceptors (Lipinski definition) is 5. The summed E-state index contributed by atoms with van der Waals surface area (Å²) >= 11 is 3.42. The van der Waals surface area contributed by atoms with Gasteiger partial charge in [0.05, 0.1) is 15.7 Å². The fourth-order valence-electron chi connectivity index (χ4n) is 1.94. The van der Waals surface area contributed by atoms with Crippen LogP contribution in [0.25, 0.3) is 0 Å². The Morgan fingerprint density at radius 3 is 2.68 bits per heavy atom. The van der Waals surface area contributed by atoms with Gasteiger partial charge in [-0.15, -0.1) is 11.3 Å². The van der Waals surface area contributed by atoms with E-state index in [0.717, 1.165) is 14.0 Å². The highest BCUT2D eigenvalue weighted by molar-refractivity contribution is 14.1. The lowest BCUT2D eigenvalue weighted by atomic mass is 10.1. The predicted octanol–water partition coefficient (Wildman–Crippen LogP) is 3.13. The zero-order chi connectivity index (χ0) is 16.4. The summed E-state index contributed by atoms with van der Waals surface area (Å²) in [6.07, 6.45) is 1.76. The van der Waals surface area contributed by atoms with Crippen molar-refractivity contribution in [2.24, 2.45) is 7.05 Å². The lowest BCUT2D eigenvalue weighted by Gasteiger charge is -2.06. The van der Waals surface area contributed by atoms with Gasteiger partial charge in [0.2, 0.25) is 0 Å². The molecule has 0 unspecified atom stereocenters. The van der Waals surface area contributed by atoms with Crippen LogP contribution in [0.5, 0.6) is 0 Å². The fraction of sp³-hybridized carbons (Fsp3) is 0.357. The molecule has 0 atom stereocenters. The Hall–Kier alpha value is -1.42. The molecule has 0 saturated carbocycles. The van der Waals surface area contributed by atoms with Gasteiger partial charge < -0.3 is 10.1 Å². The molecule has 0 saturated heterocycles. The van der Waals surface area contributed by atoms with E-state index in [9.17, 15) is 9.59 Å². The number of esters is 1. The van der Waals surface area contributed by atoms with Crippen molar-refractivity contribution in [3.8, 4) is 0 Å². The summed E-state index contributed by atoms with van der Waals surface area (Å²) in [6, 6.07) is 0. The molecule has 0 radical (unpaired) electrons. The summed E-state index contributed by atoms with van der Waals surface area (Å²) in [7, 11) is 1.75. The minimum Gasteiger partial charge on any atom is -0.462 e. The van der Waals surface area contributed by atoms with Crippen molar-refractivity contribution in [1.82, 2.24) is 9.78 Å². The van der Waals surface area contributed by atoms with E-state index >= 15 is 0 Å². The number of amides is 1. The first kappa shape index (κ1) is 16.9. The number of carbonyl (C=O) groups is 2. The highest BCUT2D eigenvalue weighted by atomic mass is 127. The van der Waals surface area contributed by atoms with Crippen molar-refractivity contribution in [1.29, 1.82) is 0 Å². The quantitative estimate of drug-likeness (QED) is 0.594. The van der Waals surface area contributed by atoms with E-state index < -0.39 is 5.97 Å². The van der Waals surface area contributed by atoms with Crippen LogP contribution in [0, 0.1) is 17.4 Å². The number of nitrogens with one attached hydrogen (secondary N) is 1. The van der Waals surface area contributed by atoms with Gasteiger partial charge in [-0.2, -0.15) is 5.10 Å². The lowest BCUT2D eigenvalue weighted by molar-refractivity contribution is 0.0527. The van der Waals surface area contributed by atoms with Crippen molar-refractivity contribution in [3.63, 3.8) is 0 Å². The average Bonchev–Trinajstić information content (AvgIpc) is 2.90. The number of aromatic nitrogens is 2. The second kappa shape index (κ2) is 6.78. The third-order valence-corrected chi connectivity index (χ3v) is 5.00. The van der Waals surface area contributed by atoms with Gasteiger partial charge in [-0.05, 0) is 48.9 Å². The number of aryl methyl sites for hydroxylation is 2. The van der Waals surface area contributed by atoms with Crippen molar-refractivity contribution in [2.75, 3.05) is 11.9 Å². The summed E-state index contributed by atoms with van der Waals surface area (Å²) in [5, 5.41) is 7.41. The molecule has 1 amide bonds. The summed E-state index contributed by atoms with van der Waals surface area (Å²) in [5.74, 6) is -0.757. The number of ether oxygens (including phenoxy) is 1. The molecule has 2 heterocycles. The molecule has 2 aromatic heterocycles. The molecular weight excluding hydrogens is 417 g/mol. The van der Waals surface area contributed by atoms with Crippen LogP contribution in [0.2, 0.25) is 0 Å². The Morgan fingerprint density at radius 2 is 2.14 bits per heavy atom. The van der Waals surface area contributed by atoms with Crippen LogP contribution in [0.15, 0.2) is 6.20 Å². The standard InChI is InChI=1S/C14H16IN3O3S/c1-5-21-14(20)10-7(2)8(3)22-13(10)16-12(19)11-9(15)6-18(4)17-11/h6H,5H2,1-4H3,(H,16,19). The Labute approximate surface area is 146 Å². The third kappa shape index (κ3) is 3.32. The molecule has 0 fully saturated rings. The number of halogens is 1. The summed E-state index contributed by atoms with van der Waals surface area (Å²) in [6.45, 7) is 5.79. The van der Waals surface area contributed by atoms with Gasteiger partial charge in [0.15, 0.2) is 5.69 Å². The lowest BCUT2D eigenvalue weighted by Crippen LogP contribution is -2.16. The van der Waals surface area contributed by atoms with E-state index in [1.54, 1.807) is 24.9 Å². The van der Waals surface area contributed by atoms with Gasteiger partial charge in [0.25, 0.3) is 5.91 Å². The first-order valence-corrected chi connectivity index (χ1v) is 8.52.